The Morgan fingerprint density at radius 2 is 1.88 bits per heavy atom. The van der Waals surface area contributed by atoms with Gasteiger partial charge in [-0.05, 0) is 29.8 Å². The highest BCUT2D eigenvalue weighted by atomic mass is 32.2. The highest BCUT2D eigenvalue weighted by Crippen LogP contribution is 2.24. The molecular weight excluding hydrogens is 392 g/mol. The van der Waals surface area contributed by atoms with Gasteiger partial charge in [0.2, 0.25) is 0 Å². The summed E-state index contributed by atoms with van der Waals surface area (Å²) in [6, 6.07) is 7.36. The third-order valence-corrected chi connectivity index (χ3v) is 8.74. The number of piperazine rings is 1. The van der Waals surface area contributed by atoms with Gasteiger partial charge >= 0.3 is 0 Å². The summed E-state index contributed by atoms with van der Waals surface area (Å²) < 4.78 is 33.0. The highest BCUT2D eigenvalue weighted by molar-refractivity contribution is 7.91. The van der Waals surface area contributed by atoms with E-state index >= 15 is 0 Å². The minimum atomic E-state index is -3.37. The fourth-order valence-corrected chi connectivity index (χ4v) is 6.30. The van der Waals surface area contributed by atoms with Crippen LogP contribution in [0.3, 0.4) is 0 Å². The van der Waals surface area contributed by atoms with Crippen LogP contribution in [0, 0.1) is 0 Å². The van der Waals surface area contributed by atoms with Gasteiger partial charge in [0, 0.05) is 0 Å². The van der Waals surface area contributed by atoms with E-state index in [1.807, 2.05) is 24.4 Å². The molecule has 0 amide bonds. The minimum Gasteiger partial charge on any atom is -0.414 e. The summed E-state index contributed by atoms with van der Waals surface area (Å²) in [6.45, 7) is 4.45. The van der Waals surface area contributed by atoms with Crippen LogP contribution in [0.5, 0.6) is 0 Å². The Kier molecular flexibility index (Phi) is 4.93. The van der Waals surface area contributed by atoms with Crippen molar-refractivity contribution >= 4 is 32.7 Å². The predicted molar refractivity (Wildman–Crippen MR) is 99.8 cm³/mol. The molecule has 138 valence electrons. The van der Waals surface area contributed by atoms with Gasteiger partial charge in [0.05, 0.1) is 31.1 Å². The Hall–Kier alpha value is -1.59. The van der Waals surface area contributed by atoms with Gasteiger partial charge < -0.3 is 9.32 Å². The van der Waals surface area contributed by atoms with Gasteiger partial charge in [0.15, 0.2) is 6.04 Å². The molecule has 0 bridgehead atoms. The molecule has 1 fully saturated rings. The van der Waals surface area contributed by atoms with E-state index in [1.54, 1.807) is 33.2 Å². The van der Waals surface area contributed by atoms with E-state index < -0.39 is 10.0 Å². The van der Waals surface area contributed by atoms with Crippen LogP contribution in [0.15, 0.2) is 43.7 Å². The topological polar surface area (TPSA) is 80.7 Å². The average Bonchev–Trinajstić information content (AvgIpc) is 3.43. The summed E-state index contributed by atoms with van der Waals surface area (Å²) >= 11 is 2.82. The molecule has 0 aromatic carbocycles. The molecule has 0 unspecified atom stereocenters. The number of hydrogen-bond acceptors (Lipinski definition) is 7. The van der Waals surface area contributed by atoms with Gasteiger partial charge in [-0.25, -0.2) is 8.42 Å². The van der Waals surface area contributed by atoms with Gasteiger partial charge in [-0.15, -0.1) is 32.9 Å². The smallest absolute Gasteiger partial charge is 0.274 e. The van der Waals surface area contributed by atoms with Crippen LogP contribution in [0.4, 0.5) is 0 Å². The van der Waals surface area contributed by atoms with Gasteiger partial charge in [0.1, 0.15) is 4.21 Å². The number of thiophene rings is 2. The van der Waals surface area contributed by atoms with E-state index in [9.17, 15) is 8.42 Å². The number of aromatic nitrogens is 2. The van der Waals surface area contributed by atoms with E-state index in [-0.39, 0.29) is 6.04 Å². The van der Waals surface area contributed by atoms with E-state index in [0.717, 1.165) is 4.88 Å². The Balaban J connectivity index is 1.42. The van der Waals surface area contributed by atoms with Crippen LogP contribution in [-0.4, -0.2) is 49.1 Å². The van der Waals surface area contributed by atoms with Crippen molar-refractivity contribution in [3.63, 3.8) is 0 Å². The molecule has 4 rings (SSSR count). The van der Waals surface area contributed by atoms with Crippen LogP contribution in [0.25, 0.3) is 10.8 Å². The molecule has 0 saturated carbocycles. The maximum Gasteiger partial charge on any atom is 0.274 e. The average molecular weight is 412 g/mol. The molecule has 0 radical (unpaired) electrons. The predicted octanol–water partition coefficient (Wildman–Crippen LogP) is 1.51. The Morgan fingerprint density at radius 1 is 1.15 bits per heavy atom. The quantitative estimate of drug-likeness (QED) is 0.688. The number of sulfonamides is 1. The normalized spacial score (nSPS) is 18.2. The molecule has 4 heterocycles. The molecule has 3 aromatic heterocycles. The summed E-state index contributed by atoms with van der Waals surface area (Å²) in [5.41, 5.74) is 0. The zero-order valence-corrected chi connectivity index (χ0v) is 16.6. The lowest BCUT2D eigenvalue weighted by molar-refractivity contribution is -0.934. The van der Waals surface area contributed by atoms with Gasteiger partial charge in [-0.1, -0.05) is 12.1 Å². The van der Waals surface area contributed by atoms with Crippen LogP contribution in [-0.2, 0) is 10.0 Å². The van der Waals surface area contributed by atoms with Crippen LogP contribution in [0.1, 0.15) is 18.9 Å². The molecule has 3 aromatic rings. The van der Waals surface area contributed by atoms with Crippen LogP contribution < -0.4 is 4.90 Å². The molecule has 1 atom stereocenters. The summed E-state index contributed by atoms with van der Waals surface area (Å²) in [5.74, 6) is 1.14. The summed E-state index contributed by atoms with van der Waals surface area (Å²) in [6.07, 6.45) is 0. The Labute approximate surface area is 159 Å². The summed E-state index contributed by atoms with van der Waals surface area (Å²) in [5, 5.41) is 12.1. The van der Waals surface area contributed by atoms with Gasteiger partial charge in [-0.3, -0.25) is 0 Å². The first-order valence-corrected chi connectivity index (χ1v) is 11.5. The molecule has 1 saturated heterocycles. The van der Waals surface area contributed by atoms with Crippen molar-refractivity contribution in [1.29, 1.82) is 0 Å². The maximum absolute atomic E-state index is 12.6. The lowest BCUT2D eigenvalue weighted by Gasteiger charge is -2.33. The van der Waals surface area contributed by atoms with E-state index in [4.69, 9.17) is 4.42 Å². The first kappa shape index (κ1) is 17.8. The third-order valence-electron chi connectivity index (χ3n) is 4.61. The van der Waals surface area contributed by atoms with Gasteiger partial charge in [0.25, 0.3) is 21.8 Å². The van der Waals surface area contributed by atoms with E-state index in [1.165, 1.54) is 16.2 Å². The second-order valence-corrected chi connectivity index (χ2v) is 10.2. The van der Waals surface area contributed by atoms with Crippen molar-refractivity contribution in [3.05, 3.63) is 40.9 Å². The van der Waals surface area contributed by atoms with Crippen molar-refractivity contribution in [1.82, 2.24) is 14.5 Å². The number of rotatable bonds is 5. The number of nitrogens with zero attached hydrogens (tertiary/aromatic N) is 3. The van der Waals surface area contributed by atoms with Crippen LogP contribution >= 0.6 is 22.7 Å². The van der Waals surface area contributed by atoms with Crippen LogP contribution in [0.2, 0.25) is 0 Å². The zero-order valence-electron chi connectivity index (χ0n) is 14.2. The molecule has 1 aliphatic heterocycles. The Morgan fingerprint density at radius 3 is 2.54 bits per heavy atom. The molecule has 0 aliphatic carbocycles. The lowest BCUT2D eigenvalue weighted by atomic mass is 10.2. The number of hydrogen-bond donors (Lipinski definition) is 1. The second kappa shape index (κ2) is 7.20. The molecular formula is C16H19N4O3S3+. The third kappa shape index (κ3) is 3.35. The molecule has 10 heteroatoms. The standard InChI is InChI=1S/C16H18N4O3S3/c1-12(15-17-18-16(23-15)13-4-2-10-24-13)19-6-8-20(9-7-19)26(21,22)14-5-3-11-25-14/h2-5,10-12H,6-9H2,1H3/p+1/t12-/m0/s1. The molecule has 1 N–H and O–H groups in total. The molecule has 26 heavy (non-hydrogen) atoms. The zero-order chi connectivity index (χ0) is 18.1. The van der Waals surface area contributed by atoms with Gasteiger partial charge in [-0.2, -0.15) is 4.31 Å². The number of nitrogens with one attached hydrogen (secondary N) is 1. The van der Waals surface area contributed by atoms with E-state index in [2.05, 4.69) is 10.2 Å². The Bertz CT molecular complexity index is 943. The second-order valence-electron chi connectivity index (χ2n) is 6.14. The van der Waals surface area contributed by atoms with Crippen molar-refractivity contribution in [3.8, 4) is 10.8 Å². The summed E-state index contributed by atoms with van der Waals surface area (Å²) in [4.78, 5) is 2.21. The number of quaternary nitrogens is 1. The molecule has 7 nitrogen and oxygen atoms in total. The van der Waals surface area contributed by atoms with Crippen molar-refractivity contribution in [2.75, 3.05) is 26.2 Å². The van der Waals surface area contributed by atoms with Crippen molar-refractivity contribution < 1.29 is 17.7 Å². The fraction of sp³-hybridized carbons (Fsp3) is 0.375. The van der Waals surface area contributed by atoms with E-state index in [0.29, 0.717) is 42.2 Å². The SMILES string of the molecule is C[C@@H](c1nnc(-c2cccs2)o1)[NH+]1CCN(S(=O)(=O)c2cccs2)CC1. The monoisotopic (exact) mass is 411 g/mol. The highest BCUT2D eigenvalue weighted by Gasteiger charge is 2.34. The van der Waals surface area contributed by atoms with Crippen molar-refractivity contribution in [2.45, 2.75) is 17.2 Å². The molecule has 0 spiro atoms. The largest absolute Gasteiger partial charge is 0.414 e. The fourth-order valence-electron chi connectivity index (χ4n) is 3.07. The first-order chi connectivity index (χ1) is 12.6. The maximum atomic E-state index is 12.6. The minimum absolute atomic E-state index is 0.0304. The van der Waals surface area contributed by atoms with Crippen molar-refractivity contribution in [2.24, 2.45) is 0 Å². The lowest BCUT2D eigenvalue weighted by Crippen LogP contribution is -3.14. The molecule has 1 aliphatic rings. The summed E-state index contributed by atoms with van der Waals surface area (Å²) in [7, 11) is -3.37. The first-order valence-electron chi connectivity index (χ1n) is 8.31.